The maximum Gasteiger partial charge on any atom is 0.259 e. The number of hydrogen-bond donors (Lipinski definition) is 1. The maximum atomic E-state index is 12.4. The van der Waals surface area contributed by atoms with Crippen LogP contribution in [0, 0.1) is 13.8 Å². The van der Waals surface area contributed by atoms with Crippen LogP contribution in [0.4, 0.5) is 5.69 Å². The van der Waals surface area contributed by atoms with Gasteiger partial charge < -0.3 is 10.1 Å². The Morgan fingerprint density at radius 2 is 2.05 bits per heavy atom. The van der Waals surface area contributed by atoms with E-state index >= 15 is 0 Å². The molecule has 1 amide bonds. The Hall–Kier alpha value is -2.37. The van der Waals surface area contributed by atoms with Crippen LogP contribution in [0.25, 0.3) is 0 Å². The molecule has 0 saturated heterocycles. The molecule has 1 N–H and O–H groups in total. The molecule has 0 unspecified atom stereocenters. The van der Waals surface area contributed by atoms with E-state index < -0.39 is 0 Å². The van der Waals surface area contributed by atoms with E-state index in [1.54, 1.807) is 25.4 Å². The number of amides is 1. The second-order valence-electron chi connectivity index (χ2n) is 5.12. The Kier molecular flexibility index (Phi) is 4.26. The Morgan fingerprint density at radius 1 is 1.33 bits per heavy atom. The van der Waals surface area contributed by atoms with E-state index in [0.29, 0.717) is 22.8 Å². The minimum absolute atomic E-state index is 0.186. The molecule has 21 heavy (non-hydrogen) atoms. The smallest absolute Gasteiger partial charge is 0.259 e. The van der Waals surface area contributed by atoms with Crippen LogP contribution in [0.5, 0.6) is 5.88 Å². The van der Waals surface area contributed by atoms with Crippen molar-refractivity contribution >= 4 is 11.6 Å². The number of nitrogens with one attached hydrogen (secondary N) is 1. The van der Waals surface area contributed by atoms with Crippen LogP contribution in [0.2, 0.25) is 0 Å². The fraction of sp³-hybridized carbons (Fsp3) is 0.400. The van der Waals surface area contributed by atoms with Crippen molar-refractivity contribution < 1.29 is 9.53 Å². The van der Waals surface area contributed by atoms with Crippen LogP contribution in [0.3, 0.4) is 0 Å². The van der Waals surface area contributed by atoms with E-state index in [2.05, 4.69) is 15.4 Å². The standard InChI is InChI=1S/C15H20N4O2/c1-9(2)19-11(4)12(8-16-19)15(20)18-13-6-7-14(21-5)17-10(13)3/h6-9H,1-5H3,(H,18,20). The average molecular weight is 288 g/mol. The Bertz CT molecular complexity index is 662. The molecular weight excluding hydrogens is 268 g/mol. The van der Waals surface area contributed by atoms with Crippen LogP contribution in [-0.2, 0) is 0 Å². The summed E-state index contributed by atoms with van der Waals surface area (Å²) in [6.45, 7) is 7.77. The molecule has 0 fully saturated rings. The van der Waals surface area contributed by atoms with Gasteiger partial charge in [-0.25, -0.2) is 4.98 Å². The third-order valence-electron chi connectivity index (χ3n) is 3.30. The van der Waals surface area contributed by atoms with E-state index in [0.717, 1.165) is 5.69 Å². The number of hydrogen-bond acceptors (Lipinski definition) is 4. The highest BCUT2D eigenvalue weighted by atomic mass is 16.5. The molecule has 0 radical (unpaired) electrons. The zero-order valence-corrected chi connectivity index (χ0v) is 13.0. The molecule has 2 aromatic heterocycles. The lowest BCUT2D eigenvalue weighted by Crippen LogP contribution is -2.15. The first-order chi connectivity index (χ1) is 9.93. The zero-order chi connectivity index (χ0) is 15.6. The van der Waals surface area contributed by atoms with Gasteiger partial charge in [0.05, 0.1) is 30.3 Å². The fourth-order valence-electron chi connectivity index (χ4n) is 2.14. The topological polar surface area (TPSA) is 69.0 Å². The highest BCUT2D eigenvalue weighted by Gasteiger charge is 2.16. The van der Waals surface area contributed by atoms with Gasteiger partial charge in [0, 0.05) is 17.8 Å². The van der Waals surface area contributed by atoms with Gasteiger partial charge in [-0.2, -0.15) is 5.10 Å². The number of carbonyl (C=O) groups is 1. The van der Waals surface area contributed by atoms with Gasteiger partial charge in [0.15, 0.2) is 0 Å². The Balaban J connectivity index is 2.22. The number of ether oxygens (including phenoxy) is 1. The summed E-state index contributed by atoms with van der Waals surface area (Å²) >= 11 is 0. The fourth-order valence-corrected chi connectivity index (χ4v) is 2.14. The molecule has 112 valence electrons. The van der Waals surface area contributed by atoms with Crippen LogP contribution >= 0.6 is 0 Å². The lowest BCUT2D eigenvalue weighted by Gasteiger charge is -2.10. The number of anilines is 1. The van der Waals surface area contributed by atoms with Crippen molar-refractivity contribution in [3.8, 4) is 5.88 Å². The van der Waals surface area contributed by atoms with Crippen molar-refractivity contribution in [3.63, 3.8) is 0 Å². The predicted molar refractivity (Wildman–Crippen MR) is 80.8 cm³/mol. The highest BCUT2D eigenvalue weighted by Crippen LogP contribution is 2.19. The minimum Gasteiger partial charge on any atom is -0.481 e. The van der Waals surface area contributed by atoms with Gasteiger partial charge in [0.1, 0.15) is 0 Å². The number of rotatable bonds is 4. The summed E-state index contributed by atoms with van der Waals surface area (Å²) in [4.78, 5) is 16.6. The highest BCUT2D eigenvalue weighted by molar-refractivity contribution is 6.05. The summed E-state index contributed by atoms with van der Waals surface area (Å²) in [7, 11) is 1.56. The van der Waals surface area contributed by atoms with E-state index in [4.69, 9.17) is 4.74 Å². The summed E-state index contributed by atoms with van der Waals surface area (Å²) < 4.78 is 6.88. The van der Waals surface area contributed by atoms with Crippen molar-refractivity contribution in [2.24, 2.45) is 0 Å². The number of carbonyl (C=O) groups excluding carboxylic acids is 1. The lowest BCUT2D eigenvalue weighted by atomic mass is 10.2. The van der Waals surface area contributed by atoms with Crippen LogP contribution < -0.4 is 10.1 Å². The molecule has 0 saturated carbocycles. The number of aryl methyl sites for hydroxylation is 1. The molecule has 0 aliphatic carbocycles. The van der Waals surface area contributed by atoms with Crippen molar-refractivity contribution in [3.05, 3.63) is 35.3 Å². The maximum absolute atomic E-state index is 12.4. The van der Waals surface area contributed by atoms with E-state index in [9.17, 15) is 4.79 Å². The first-order valence-electron chi connectivity index (χ1n) is 6.81. The molecule has 2 aromatic rings. The van der Waals surface area contributed by atoms with E-state index in [1.807, 2.05) is 32.4 Å². The van der Waals surface area contributed by atoms with Crippen LogP contribution in [0.15, 0.2) is 18.3 Å². The predicted octanol–water partition coefficient (Wildman–Crippen LogP) is 2.74. The van der Waals surface area contributed by atoms with Crippen LogP contribution in [-0.4, -0.2) is 27.8 Å². The van der Waals surface area contributed by atoms with Gasteiger partial charge in [0.25, 0.3) is 5.91 Å². The third-order valence-corrected chi connectivity index (χ3v) is 3.30. The number of nitrogens with zero attached hydrogens (tertiary/aromatic N) is 3. The largest absolute Gasteiger partial charge is 0.481 e. The van der Waals surface area contributed by atoms with E-state index in [-0.39, 0.29) is 11.9 Å². The monoisotopic (exact) mass is 288 g/mol. The summed E-state index contributed by atoms with van der Waals surface area (Å²) in [5, 5.41) is 7.11. The molecule has 2 rings (SSSR count). The molecule has 6 nitrogen and oxygen atoms in total. The van der Waals surface area contributed by atoms with Gasteiger partial charge >= 0.3 is 0 Å². The van der Waals surface area contributed by atoms with Crippen molar-refractivity contribution in [1.29, 1.82) is 0 Å². The number of pyridine rings is 1. The second-order valence-corrected chi connectivity index (χ2v) is 5.12. The normalized spacial score (nSPS) is 10.8. The second kappa shape index (κ2) is 5.95. The number of methoxy groups -OCH3 is 1. The quantitative estimate of drug-likeness (QED) is 0.939. The zero-order valence-electron chi connectivity index (χ0n) is 13.0. The molecule has 0 aliphatic rings. The Labute approximate surface area is 124 Å². The third kappa shape index (κ3) is 3.04. The first kappa shape index (κ1) is 15.0. The Morgan fingerprint density at radius 3 is 2.57 bits per heavy atom. The molecule has 0 atom stereocenters. The molecule has 0 bridgehead atoms. The van der Waals surface area contributed by atoms with Crippen molar-refractivity contribution in [1.82, 2.24) is 14.8 Å². The molecular formula is C15H20N4O2. The molecule has 0 aliphatic heterocycles. The van der Waals surface area contributed by atoms with Gasteiger partial charge in [-0.15, -0.1) is 0 Å². The van der Waals surface area contributed by atoms with Crippen molar-refractivity contribution in [2.45, 2.75) is 33.7 Å². The summed E-state index contributed by atoms with van der Waals surface area (Å²) in [5.74, 6) is 0.337. The minimum atomic E-state index is -0.186. The summed E-state index contributed by atoms with van der Waals surface area (Å²) in [6.07, 6.45) is 1.59. The van der Waals surface area contributed by atoms with Gasteiger partial charge in [0.2, 0.25) is 5.88 Å². The van der Waals surface area contributed by atoms with Crippen molar-refractivity contribution in [2.75, 3.05) is 12.4 Å². The average Bonchev–Trinajstić information content (AvgIpc) is 2.83. The SMILES string of the molecule is COc1ccc(NC(=O)c2cnn(C(C)C)c2C)c(C)n1. The number of aromatic nitrogens is 3. The molecule has 0 spiro atoms. The van der Waals surface area contributed by atoms with Gasteiger partial charge in [-0.05, 0) is 33.8 Å². The lowest BCUT2D eigenvalue weighted by molar-refractivity contribution is 0.102. The summed E-state index contributed by atoms with van der Waals surface area (Å²) in [6, 6.07) is 3.71. The van der Waals surface area contributed by atoms with E-state index in [1.165, 1.54) is 0 Å². The molecule has 6 heteroatoms. The molecule has 0 aromatic carbocycles. The molecule has 2 heterocycles. The van der Waals surface area contributed by atoms with Gasteiger partial charge in [-0.1, -0.05) is 0 Å². The van der Waals surface area contributed by atoms with Gasteiger partial charge in [-0.3, -0.25) is 9.48 Å². The summed E-state index contributed by atoms with van der Waals surface area (Å²) in [5.41, 5.74) is 2.79. The van der Waals surface area contributed by atoms with Crippen LogP contribution in [0.1, 0.15) is 41.6 Å². The first-order valence-corrected chi connectivity index (χ1v) is 6.81.